The van der Waals surface area contributed by atoms with Crippen LogP contribution < -0.4 is 15.9 Å². The average Bonchev–Trinajstić information content (AvgIpc) is 2.61. The fraction of sp³-hybridized carbons (Fsp3) is 0.308. The average molecular weight is 218 g/mol. The van der Waals surface area contributed by atoms with E-state index in [1.54, 1.807) is 6.08 Å². The van der Waals surface area contributed by atoms with Gasteiger partial charge in [0, 0.05) is 30.2 Å². The van der Waals surface area contributed by atoms with Gasteiger partial charge in [-0.15, -0.1) is 0 Å². The first kappa shape index (κ1) is 12.3. The summed E-state index contributed by atoms with van der Waals surface area (Å²) in [5.41, 5.74) is 1.20. The van der Waals surface area contributed by atoms with Gasteiger partial charge in [0.25, 0.3) is 0 Å². The molecule has 2 N–H and O–H groups in total. The van der Waals surface area contributed by atoms with Gasteiger partial charge in [0.15, 0.2) is 0 Å². The van der Waals surface area contributed by atoms with Crippen molar-refractivity contribution in [3.05, 3.63) is 35.0 Å². The number of H-pyrrole nitrogens is 1. The molecule has 1 amide bonds. The van der Waals surface area contributed by atoms with Gasteiger partial charge in [-0.3, -0.25) is 4.79 Å². The first-order chi connectivity index (χ1) is 7.69. The Bertz CT molecular complexity index is 483. The van der Waals surface area contributed by atoms with Crippen LogP contribution in [0, 0.1) is 0 Å². The minimum atomic E-state index is 0.00654. The van der Waals surface area contributed by atoms with Crippen LogP contribution in [0.25, 0.3) is 12.2 Å². The van der Waals surface area contributed by atoms with Crippen molar-refractivity contribution < 1.29 is 4.79 Å². The predicted molar refractivity (Wildman–Crippen MR) is 67.2 cm³/mol. The normalized spacial score (nSPS) is 12.9. The van der Waals surface area contributed by atoms with Gasteiger partial charge < -0.3 is 10.3 Å². The van der Waals surface area contributed by atoms with Crippen molar-refractivity contribution in [3.8, 4) is 0 Å². The number of hydrogen-bond donors (Lipinski definition) is 2. The summed E-state index contributed by atoms with van der Waals surface area (Å²) < 4.78 is 0. The number of amides is 1. The van der Waals surface area contributed by atoms with Crippen LogP contribution >= 0.6 is 0 Å². The van der Waals surface area contributed by atoms with Crippen molar-refractivity contribution in [2.45, 2.75) is 20.3 Å². The van der Waals surface area contributed by atoms with Crippen molar-refractivity contribution in [1.29, 1.82) is 0 Å². The van der Waals surface area contributed by atoms with Gasteiger partial charge in [-0.2, -0.15) is 0 Å². The minimum absolute atomic E-state index is 0.00654. The number of hydrogen-bond acceptors (Lipinski definition) is 1. The fourth-order valence-electron chi connectivity index (χ4n) is 1.63. The van der Waals surface area contributed by atoms with E-state index in [0.717, 1.165) is 17.0 Å². The lowest BCUT2D eigenvalue weighted by Crippen LogP contribution is -2.28. The van der Waals surface area contributed by atoms with Gasteiger partial charge >= 0.3 is 0 Å². The summed E-state index contributed by atoms with van der Waals surface area (Å²) in [5, 5.41) is 5.04. The third-order valence-electron chi connectivity index (χ3n) is 2.38. The maximum atomic E-state index is 10.8. The molecule has 0 aliphatic rings. The van der Waals surface area contributed by atoms with Crippen LogP contribution in [-0.4, -0.2) is 17.4 Å². The van der Waals surface area contributed by atoms with E-state index in [0.29, 0.717) is 6.54 Å². The number of allylic oxidation sites excluding steroid dienone is 1. The summed E-state index contributed by atoms with van der Waals surface area (Å²) in [5.74, 6) is 0.00654. The van der Waals surface area contributed by atoms with Crippen LogP contribution in [0.3, 0.4) is 0 Å². The SMILES string of the molecule is C=C/C=c1/c(CCNC(C)=O)c[nH]/c1=C/C. The second kappa shape index (κ2) is 5.95. The molecule has 1 aromatic rings. The summed E-state index contributed by atoms with van der Waals surface area (Å²) in [6.45, 7) is 7.89. The van der Waals surface area contributed by atoms with E-state index in [-0.39, 0.29) is 5.91 Å². The zero-order chi connectivity index (χ0) is 12.0. The Morgan fingerprint density at radius 3 is 2.94 bits per heavy atom. The Hall–Kier alpha value is -1.77. The van der Waals surface area contributed by atoms with Gasteiger partial charge in [-0.25, -0.2) is 0 Å². The summed E-state index contributed by atoms with van der Waals surface area (Å²) in [7, 11) is 0. The zero-order valence-electron chi connectivity index (χ0n) is 9.84. The van der Waals surface area contributed by atoms with E-state index in [9.17, 15) is 4.79 Å². The quantitative estimate of drug-likeness (QED) is 0.757. The van der Waals surface area contributed by atoms with E-state index in [1.807, 2.05) is 25.3 Å². The van der Waals surface area contributed by atoms with Crippen molar-refractivity contribution in [2.75, 3.05) is 6.54 Å². The van der Waals surface area contributed by atoms with E-state index >= 15 is 0 Å². The highest BCUT2D eigenvalue weighted by Crippen LogP contribution is 1.88. The molecule has 0 saturated heterocycles. The number of aromatic nitrogens is 1. The lowest BCUT2D eigenvalue weighted by atomic mass is 10.2. The van der Waals surface area contributed by atoms with Gasteiger partial charge in [-0.1, -0.05) is 24.8 Å². The standard InChI is InChI=1S/C13H18N2O/c1-4-6-12-11(7-8-14-10(3)16)9-15-13(12)5-2/h4-6,9,15H,1,7-8H2,2-3H3,(H,14,16)/b12-6-,13-5+. The molecule has 0 radical (unpaired) electrons. The summed E-state index contributed by atoms with van der Waals surface area (Å²) >= 11 is 0. The fourth-order valence-corrected chi connectivity index (χ4v) is 1.63. The molecule has 86 valence electrons. The predicted octanol–water partition coefficient (Wildman–Crippen LogP) is 0.460. The number of rotatable bonds is 4. The second-order valence-corrected chi connectivity index (χ2v) is 3.57. The Labute approximate surface area is 95.6 Å². The number of aromatic amines is 1. The highest BCUT2D eigenvalue weighted by Gasteiger charge is 1.99. The van der Waals surface area contributed by atoms with Crippen molar-refractivity contribution in [3.63, 3.8) is 0 Å². The van der Waals surface area contributed by atoms with Gasteiger partial charge in [0.1, 0.15) is 0 Å². The summed E-state index contributed by atoms with van der Waals surface area (Å²) in [4.78, 5) is 14.0. The molecule has 0 unspecified atom stereocenters. The van der Waals surface area contributed by atoms with Crippen LogP contribution in [0.4, 0.5) is 0 Å². The third-order valence-corrected chi connectivity index (χ3v) is 2.38. The second-order valence-electron chi connectivity index (χ2n) is 3.57. The largest absolute Gasteiger partial charge is 0.361 e. The molecule has 3 nitrogen and oxygen atoms in total. The Morgan fingerprint density at radius 2 is 2.38 bits per heavy atom. The molecular formula is C13H18N2O. The third kappa shape index (κ3) is 3.12. The van der Waals surface area contributed by atoms with Crippen LogP contribution in [0.15, 0.2) is 18.9 Å². The van der Waals surface area contributed by atoms with Crippen molar-refractivity contribution >= 4 is 18.1 Å². The highest BCUT2D eigenvalue weighted by molar-refractivity contribution is 5.72. The van der Waals surface area contributed by atoms with Gasteiger partial charge in [0.2, 0.25) is 5.91 Å². The van der Waals surface area contributed by atoms with E-state index in [1.165, 1.54) is 12.5 Å². The van der Waals surface area contributed by atoms with Crippen molar-refractivity contribution in [1.82, 2.24) is 10.3 Å². The molecule has 1 heterocycles. The van der Waals surface area contributed by atoms with E-state index in [2.05, 4.69) is 16.9 Å². The molecule has 0 spiro atoms. The molecular weight excluding hydrogens is 200 g/mol. The Balaban J connectivity index is 2.89. The van der Waals surface area contributed by atoms with Crippen LogP contribution in [0.2, 0.25) is 0 Å². The summed E-state index contributed by atoms with van der Waals surface area (Å²) in [6, 6.07) is 0. The lowest BCUT2D eigenvalue weighted by Gasteiger charge is -1.99. The lowest BCUT2D eigenvalue weighted by molar-refractivity contribution is -0.118. The molecule has 16 heavy (non-hydrogen) atoms. The molecule has 0 aliphatic heterocycles. The van der Waals surface area contributed by atoms with Crippen LogP contribution in [0.5, 0.6) is 0 Å². The van der Waals surface area contributed by atoms with Crippen LogP contribution in [-0.2, 0) is 11.2 Å². The number of nitrogens with one attached hydrogen (secondary N) is 2. The van der Waals surface area contributed by atoms with Crippen molar-refractivity contribution in [2.24, 2.45) is 0 Å². The van der Waals surface area contributed by atoms with Crippen LogP contribution in [0.1, 0.15) is 19.4 Å². The zero-order valence-corrected chi connectivity index (χ0v) is 9.84. The molecule has 0 fully saturated rings. The van der Waals surface area contributed by atoms with Gasteiger partial charge in [-0.05, 0) is 18.9 Å². The highest BCUT2D eigenvalue weighted by atomic mass is 16.1. The Kier molecular flexibility index (Phi) is 4.58. The first-order valence-electron chi connectivity index (χ1n) is 5.38. The van der Waals surface area contributed by atoms with E-state index in [4.69, 9.17) is 0 Å². The number of carbonyl (C=O) groups excluding carboxylic acids is 1. The molecule has 0 aromatic carbocycles. The minimum Gasteiger partial charge on any atom is -0.361 e. The Morgan fingerprint density at radius 1 is 1.62 bits per heavy atom. The molecule has 1 aromatic heterocycles. The molecule has 1 rings (SSSR count). The topological polar surface area (TPSA) is 44.9 Å². The smallest absolute Gasteiger partial charge is 0.216 e. The molecule has 3 heteroatoms. The molecule has 0 atom stereocenters. The van der Waals surface area contributed by atoms with E-state index < -0.39 is 0 Å². The maximum Gasteiger partial charge on any atom is 0.216 e. The maximum absolute atomic E-state index is 10.8. The molecule has 0 aliphatic carbocycles. The monoisotopic (exact) mass is 218 g/mol. The molecule has 0 bridgehead atoms. The number of carbonyl (C=O) groups is 1. The summed E-state index contributed by atoms with van der Waals surface area (Å²) in [6.07, 6.45) is 8.58. The van der Waals surface area contributed by atoms with Gasteiger partial charge in [0.05, 0.1) is 0 Å². The molecule has 0 saturated carbocycles. The first-order valence-corrected chi connectivity index (χ1v) is 5.38.